The molecule has 2 aliphatic rings. The number of ether oxygens (including phenoxy) is 2. The van der Waals surface area contributed by atoms with Crippen LogP contribution in [-0.4, -0.2) is 12.6 Å². The van der Waals surface area contributed by atoms with Crippen molar-refractivity contribution in [3.05, 3.63) is 59.2 Å². The van der Waals surface area contributed by atoms with Crippen molar-refractivity contribution in [2.45, 2.75) is 46.0 Å². The molecule has 0 spiro atoms. The highest BCUT2D eigenvalue weighted by Gasteiger charge is 2.44. The van der Waals surface area contributed by atoms with Crippen molar-refractivity contribution in [3.63, 3.8) is 0 Å². The zero-order valence-electron chi connectivity index (χ0n) is 18.6. The van der Waals surface area contributed by atoms with Crippen LogP contribution in [0.4, 0.5) is 17.6 Å². The number of carbonyl (C=O) groups excluding carboxylic acids is 1. The molecule has 0 heterocycles. The molecule has 33 heavy (non-hydrogen) atoms. The lowest BCUT2D eigenvalue weighted by atomic mass is 9.88. The fraction of sp³-hybridized carbons (Fsp3) is 0.423. The van der Waals surface area contributed by atoms with Crippen LogP contribution >= 0.6 is 0 Å². The van der Waals surface area contributed by atoms with E-state index in [2.05, 4.69) is 13.0 Å². The Morgan fingerprint density at radius 3 is 2.18 bits per heavy atom. The molecule has 3 unspecified atom stereocenters. The van der Waals surface area contributed by atoms with E-state index in [9.17, 15) is 22.4 Å². The Labute approximate surface area is 190 Å². The largest absolute Gasteiger partial charge is 0.491 e. The van der Waals surface area contributed by atoms with E-state index in [0.29, 0.717) is 12.3 Å². The normalized spacial score (nSPS) is 21.6. The number of rotatable bonds is 7. The number of allylic oxidation sites excluding steroid dienone is 2. The van der Waals surface area contributed by atoms with Crippen LogP contribution in [0.15, 0.2) is 35.9 Å². The molecule has 176 valence electrons. The van der Waals surface area contributed by atoms with E-state index in [0.717, 1.165) is 49.9 Å². The predicted octanol–water partition coefficient (Wildman–Crippen LogP) is 6.99. The van der Waals surface area contributed by atoms with Gasteiger partial charge in [0.2, 0.25) is 11.6 Å². The molecule has 0 amide bonds. The lowest BCUT2D eigenvalue weighted by Crippen LogP contribution is -2.25. The van der Waals surface area contributed by atoms with Crippen LogP contribution in [0.5, 0.6) is 11.5 Å². The molecule has 0 aliphatic heterocycles. The minimum absolute atomic E-state index is 0.122. The molecule has 0 saturated heterocycles. The number of esters is 1. The highest BCUT2D eigenvalue weighted by atomic mass is 19.2. The quantitative estimate of drug-likeness (QED) is 0.193. The summed E-state index contributed by atoms with van der Waals surface area (Å²) in [7, 11) is 0. The molecule has 3 nitrogen and oxygen atoms in total. The molecule has 7 heteroatoms. The van der Waals surface area contributed by atoms with Crippen molar-refractivity contribution in [1.82, 2.24) is 0 Å². The first-order valence-corrected chi connectivity index (χ1v) is 11.4. The van der Waals surface area contributed by atoms with E-state index in [-0.39, 0.29) is 24.2 Å². The Hall–Kier alpha value is -2.83. The maximum Gasteiger partial charge on any atom is 0.314 e. The number of benzene rings is 2. The van der Waals surface area contributed by atoms with Gasteiger partial charge in [-0.05, 0) is 68.7 Å². The van der Waals surface area contributed by atoms with E-state index in [1.54, 1.807) is 6.92 Å². The number of halogens is 4. The Morgan fingerprint density at radius 1 is 0.909 bits per heavy atom. The second-order valence-corrected chi connectivity index (χ2v) is 8.55. The van der Waals surface area contributed by atoms with E-state index in [4.69, 9.17) is 9.47 Å². The SMILES string of the molecule is CCCC1=CCC2C(C(=O)Oc3ccc(-c4ccc(OCC)c(F)c4F)c(F)c3F)CCC12. The average molecular weight is 462 g/mol. The molecule has 2 aromatic rings. The summed E-state index contributed by atoms with van der Waals surface area (Å²) in [5.41, 5.74) is 0.449. The van der Waals surface area contributed by atoms with Crippen LogP contribution in [-0.2, 0) is 4.79 Å². The highest BCUT2D eigenvalue weighted by molar-refractivity contribution is 5.77. The van der Waals surface area contributed by atoms with Gasteiger partial charge in [0, 0.05) is 11.1 Å². The van der Waals surface area contributed by atoms with Gasteiger partial charge < -0.3 is 9.47 Å². The third kappa shape index (κ3) is 4.25. The van der Waals surface area contributed by atoms with Gasteiger partial charge in [-0.15, -0.1) is 0 Å². The lowest BCUT2D eigenvalue weighted by molar-refractivity contribution is -0.140. The number of fused-ring (bicyclic) bond motifs is 1. The van der Waals surface area contributed by atoms with Crippen molar-refractivity contribution >= 4 is 5.97 Å². The van der Waals surface area contributed by atoms with E-state index < -0.39 is 46.1 Å². The molecule has 4 rings (SSSR count). The summed E-state index contributed by atoms with van der Waals surface area (Å²) in [5.74, 6) is -6.82. The van der Waals surface area contributed by atoms with Crippen LogP contribution < -0.4 is 9.47 Å². The van der Waals surface area contributed by atoms with Crippen LogP contribution in [0.1, 0.15) is 46.0 Å². The van der Waals surface area contributed by atoms with Crippen LogP contribution in [0, 0.1) is 41.0 Å². The van der Waals surface area contributed by atoms with Crippen molar-refractivity contribution in [3.8, 4) is 22.6 Å². The first-order chi connectivity index (χ1) is 15.9. The standard InChI is InChI=1S/C26H26F4O3/c1-3-5-14-6-7-16-15(14)8-9-19(16)26(31)33-21-13-11-18(23(28)25(21)30)17-10-12-20(32-4-2)24(29)22(17)27/h6,10-13,15-16,19H,3-5,7-9H2,1-2H3. The average Bonchev–Trinajstić information content (AvgIpc) is 3.39. The van der Waals surface area contributed by atoms with Crippen molar-refractivity contribution in [2.75, 3.05) is 6.61 Å². The monoisotopic (exact) mass is 462 g/mol. The third-order valence-corrected chi connectivity index (χ3v) is 6.69. The molecule has 0 aromatic heterocycles. The van der Waals surface area contributed by atoms with Crippen molar-refractivity contribution in [2.24, 2.45) is 17.8 Å². The van der Waals surface area contributed by atoms with E-state index in [1.165, 1.54) is 5.57 Å². The van der Waals surface area contributed by atoms with Gasteiger partial charge in [0.05, 0.1) is 12.5 Å². The summed E-state index contributed by atoms with van der Waals surface area (Å²) < 4.78 is 68.4. The third-order valence-electron chi connectivity index (χ3n) is 6.69. The number of hydrogen-bond acceptors (Lipinski definition) is 3. The minimum Gasteiger partial charge on any atom is -0.491 e. The maximum atomic E-state index is 14.8. The molecule has 2 aromatic carbocycles. The number of carbonyl (C=O) groups is 1. The molecule has 3 atom stereocenters. The van der Waals surface area contributed by atoms with Gasteiger partial charge >= 0.3 is 5.97 Å². The summed E-state index contributed by atoms with van der Waals surface area (Å²) in [6, 6.07) is 4.42. The maximum absolute atomic E-state index is 14.8. The second kappa shape index (κ2) is 9.57. The van der Waals surface area contributed by atoms with Crippen LogP contribution in [0.2, 0.25) is 0 Å². The highest BCUT2D eigenvalue weighted by Crippen LogP contribution is 2.49. The van der Waals surface area contributed by atoms with Gasteiger partial charge in [0.25, 0.3) is 0 Å². The van der Waals surface area contributed by atoms with Gasteiger partial charge in [0.1, 0.15) is 0 Å². The van der Waals surface area contributed by atoms with E-state index >= 15 is 0 Å². The van der Waals surface area contributed by atoms with Gasteiger partial charge in [-0.1, -0.05) is 25.0 Å². The first kappa shape index (κ1) is 23.3. The zero-order chi connectivity index (χ0) is 23.7. The summed E-state index contributed by atoms with van der Waals surface area (Å²) in [6.07, 6.45) is 6.56. The zero-order valence-corrected chi connectivity index (χ0v) is 18.6. The molecular formula is C26H26F4O3. The van der Waals surface area contributed by atoms with E-state index in [1.807, 2.05) is 0 Å². The molecule has 0 radical (unpaired) electrons. The van der Waals surface area contributed by atoms with Crippen molar-refractivity contribution < 1.29 is 31.8 Å². The van der Waals surface area contributed by atoms with Gasteiger partial charge in [0.15, 0.2) is 23.1 Å². The first-order valence-electron chi connectivity index (χ1n) is 11.4. The van der Waals surface area contributed by atoms with Crippen LogP contribution in [0.3, 0.4) is 0 Å². The molecular weight excluding hydrogens is 436 g/mol. The molecule has 1 saturated carbocycles. The van der Waals surface area contributed by atoms with Crippen LogP contribution in [0.25, 0.3) is 11.1 Å². The Kier molecular flexibility index (Phi) is 6.77. The van der Waals surface area contributed by atoms with Crippen molar-refractivity contribution in [1.29, 1.82) is 0 Å². The molecule has 0 N–H and O–H groups in total. The number of hydrogen-bond donors (Lipinski definition) is 0. The fourth-order valence-corrected chi connectivity index (χ4v) is 5.17. The second-order valence-electron chi connectivity index (χ2n) is 8.55. The van der Waals surface area contributed by atoms with Gasteiger partial charge in [-0.3, -0.25) is 4.79 Å². The summed E-state index contributed by atoms with van der Waals surface area (Å²) >= 11 is 0. The smallest absolute Gasteiger partial charge is 0.314 e. The summed E-state index contributed by atoms with van der Waals surface area (Å²) in [4.78, 5) is 12.8. The fourth-order valence-electron chi connectivity index (χ4n) is 5.17. The molecule has 1 fully saturated rings. The predicted molar refractivity (Wildman–Crippen MR) is 116 cm³/mol. The summed E-state index contributed by atoms with van der Waals surface area (Å²) in [6.45, 7) is 3.85. The minimum atomic E-state index is -1.42. The van der Waals surface area contributed by atoms with Gasteiger partial charge in [-0.25, -0.2) is 8.78 Å². The Balaban J connectivity index is 1.53. The Morgan fingerprint density at radius 2 is 1.55 bits per heavy atom. The molecule has 0 bridgehead atoms. The summed E-state index contributed by atoms with van der Waals surface area (Å²) in [5, 5.41) is 0. The van der Waals surface area contributed by atoms with Gasteiger partial charge in [-0.2, -0.15) is 8.78 Å². The lowest BCUT2D eigenvalue weighted by Gasteiger charge is -2.19. The Bertz CT molecular complexity index is 1100. The topological polar surface area (TPSA) is 35.5 Å². The molecule has 2 aliphatic carbocycles.